The number of nitrogens with zero attached hydrogens (tertiary/aromatic N) is 2. The van der Waals surface area contributed by atoms with Gasteiger partial charge in [-0.25, -0.2) is 15.2 Å². The van der Waals surface area contributed by atoms with Gasteiger partial charge in [-0.1, -0.05) is 30.3 Å². The van der Waals surface area contributed by atoms with Crippen molar-refractivity contribution >= 4 is 35.2 Å². The van der Waals surface area contributed by atoms with Crippen LogP contribution in [0.5, 0.6) is 0 Å². The number of hydrogen-bond donors (Lipinski definition) is 6. The molecule has 26 heavy (non-hydrogen) atoms. The molecule has 2 aromatic carbocycles. The number of aliphatic imine (C=N–C) groups is 2. The Morgan fingerprint density at radius 3 is 2.19 bits per heavy atom. The van der Waals surface area contributed by atoms with E-state index < -0.39 is 11.9 Å². The first kappa shape index (κ1) is 18.3. The fourth-order valence-corrected chi connectivity index (χ4v) is 1.91. The molecular weight excluding hydrogens is 336 g/mol. The first-order valence-electron chi connectivity index (χ1n) is 7.41. The van der Waals surface area contributed by atoms with Crippen LogP contribution < -0.4 is 33.4 Å². The minimum Gasteiger partial charge on any atom is -0.370 e. The zero-order valence-corrected chi connectivity index (χ0v) is 13.6. The van der Waals surface area contributed by atoms with Gasteiger partial charge in [-0.3, -0.25) is 10.2 Å². The molecule has 0 bridgehead atoms. The van der Waals surface area contributed by atoms with Crippen LogP contribution in [0.2, 0.25) is 0 Å². The molecule has 10 heteroatoms. The van der Waals surface area contributed by atoms with E-state index in [1.165, 1.54) is 6.07 Å². The molecule has 0 atom stereocenters. The quantitative estimate of drug-likeness (QED) is 0.265. The third-order valence-corrected chi connectivity index (χ3v) is 2.95. The first-order valence-corrected chi connectivity index (χ1v) is 7.41. The Balaban J connectivity index is 2.03. The molecule has 0 unspecified atom stereocenters. The number of rotatable bonds is 3. The van der Waals surface area contributed by atoms with Gasteiger partial charge in [0.1, 0.15) is 0 Å². The molecule has 134 valence electrons. The number of nitrogens with one attached hydrogen (secondary N) is 3. The standard InChI is InChI=1S/C16H18N8O2/c17-14(18)22-15(19)21-12-9-5-4-8-11(12)13(25)23-24-16(26)20-10-6-2-1-3-7-10/h1-9H,(H,23,25)(H2,20,24,26)(H6,17,18,19,21,22). The summed E-state index contributed by atoms with van der Waals surface area (Å²) in [6.07, 6.45) is 0. The summed E-state index contributed by atoms with van der Waals surface area (Å²) in [6.45, 7) is 0. The highest BCUT2D eigenvalue weighted by Crippen LogP contribution is 2.18. The molecule has 0 aromatic heterocycles. The van der Waals surface area contributed by atoms with Gasteiger partial charge in [0.05, 0.1) is 11.3 Å². The summed E-state index contributed by atoms with van der Waals surface area (Å²) in [6, 6.07) is 14.5. The summed E-state index contributed by atoms with van der Waals surface area (Å²) in [5.74, 6) is -1.06. The number of urea groups is 1. The fraction of sp³-hybridized carbons (Fsp3) is 0. The molecule has 2 aromatic rings. The molecular formula is C16H18N8O2. The van der Waals surface area contributed by atoms with E-state index >= 15 is 0 Å². The van der Waals surface area contributed by atoms with Crippen molar-refractivity contribution in [3.8, 4) is 0 Å². The van der Waals surface area contributed by atoms with E-state index in [4.69, 9.17) is 17.2 Å². The summed E-state index contributed by atoms with van der Waals surface area (Å²) >= 11 is 0. The third kappa shape index (κ3) is 5.53. The molecule has 2 rings (SSSR count). The lowest BCUT2D eigenvalue weighted by Gasteiger charge is -2.10. The van der Waals surface area contributed by atoms with Crippen molar-refractivity contribution in [2.45, 2.75) is 0 Å². The van der Waals surface area contributed by atoms with Crippen molar-refractivity contribution in [3.05, 3.63) is 60.2 Å². The minimum atomic E-state index is -0.606. The largest absolute Gasteiger partial charge is 0.370 e. The van der Waals surface area contributed by atoms with Gasteiger partial charge in [-0.2, -0.15) is 4.99 Å². The van der Waals surface area contributed by atoms with Crippen LogP contribution in [0.4, 0.5) is 16.2 Å². The molecule has 9 N–H and O–H groups in total. The summed E-state index contributed by atoms with van der Waals surface area (Å²) in [5.41, 5.74) is 21.5. The molecule has 0 saturated heterocycles. The highest BCUT2D eigenvalue weighted by molar-refractivity contribution is 6.02. The van der Waals surface area contributed by atoms with E-state index in [0.29, 0.717) is 5.69 Å². The van der Waals surface area contributed by atoms with Gasteiger partial charge in [-0.05, 0) is 24.3 Å². The van der Waals surface area contributed by atoms with Gasteiger partial charge < -0.3 is 22.5 Å². The molecule has 0 fully saturated rings. The molecule has 10 nitrogen and oxygen atoms in total. The van der Waals surface area contributed by atoms with Crippen LogP contribution in [0.15, 0.2) is 64.6 Å². The second-order valence-electron chi connectivity index (χ2n) is 4.92. The molecule has 0 aliphatic carbocycles. The Labute approximate surface area is 149 Å². The summed E-state index contributed by atoms with van der Waals surface area (Å²) < 4.78 is 0. The van der Waals surface area contributed by atoms with E-state index in [1.54, 1.807) is 42.5 Å². The van der Waals surface area contributed by atoms with Crippen molar-refractivity contribution < 1.29 is 9.59 Å². The SMILES string of the molecule is NC(N)=NC(N)=Nc1ccccc1C(=O)NNC(=O)Nc1ccccc1. The Morgan fingerprint density at radius 1 is 0.846 bits per heavy atom. The van der Waals surface area contributed by atoms with E-state index in [1.807, 2.05) is 6.07 Å². The van der Waals surface area contributed by atoms with Crippen molar-refractivity contribution in [1.29, 1.82) is 0 Å². The predicted molar refractivity (Wildman–Crippen MR) is 99.6 cm³/mol. The van der Waals surface area contributed by atoms with Gasteiger partial charge in [0.15, 0.2) is 5.96 Å². The smallest absolute Gasteiger partial charge is 0.337 e. The first-order chi connectivity index (χ1) is 12.5. The second kappa shape index (κ2) is 8.68. The molecule has 0 saturated carbocycles. The maximum atomic E-state index is 12.3. The zero-order chi connectivity index (χ0) is 18.9. The number of hydrazine groups is 1. The number of carbonyl (C=O) groups is 2. The lowest BCUT2D eigenvalue weighted by atomic mass is 10.2. The number of anilines is 1. The van der Waals surface area contributed by atoms with Gasteiger partial charge in [0, 0.05) is 5.69 Å². The monoisotopic (exact) mass is 354 g/mol. The van der Waals surface area contributed by atoms with E-state index in [0.717, 1.165) is 0 Å². The van der Waals surface area contributed by atoms with Gasteiger partial charge in [0.2, 0.25) is 5.96 Å². The van der Waals surface area contributed by atoms with Crippen LogP contribution in [0.1, 0.15) is 10.4 Å². The highest BCUT2D eigenvalue weighted by Gasteiger charge is 2.12. The Bertz CT molecular complexity index is 844. The number of guanidine groups is 2. The number of hydrogen-bond acceptors (Lipinski definition) is 3. The van der Waals surface area contributed by atoms with E-state index in [-0.39, 0.29) is 23.2 Å². The normalized spacial score (nSPS) is 10.5. The van der Waals surface area contributed by atoms with Gasteiger partial charge in [0.25, 0.3) is 5.91 Å². The van der Waals surface area contributed by atoms with Crippen LogP contribution in [0, 0.1) is 0 Å². The van der Waals surface area contributed by atoms with Crippen LogP contribution in [0.25, 0.3) is 0 Å². The number of carbonyl (C=O) groups excluding carboxylic acids is 2. The lowest BCUT2D eigenvalue weighted by Crippen LogP contribution is -2.43. The second-order valence-corrected chi connectivity index (χ2v) is 4.92. The summed E-state index contributed by atoms with van der Waals surface area (Å²) in [5, 5.41) is 2.56. The van der Waals surface area contributed by atoms with Crippen molar-refractivity contribution in [2.75, 3.05) is 5.32 Å². The van der Waals surface area contributed by atoms with Crippen LogP contribution in [-0.4, -0.2) is 23.9 Å². The predicted octanol–water partition coefficient (Wildman–Crippen LogP) is 0.373. The average molecular weight is 354 g/mol. The van der Waals surface area contributed by atoms with Gasteiger partial charge >= 0.3 is 6.03 Å². The van der Waals surface area contributed by atoms with Crippen molar-refractivity contribution in [3.63, 3.8) is 0 Å². The maximum absolute atomic E-state index is 12.3. The lowest BCUT2D eigenvalue weighted by molar-refractivity contribution is 0.0938. The number of nitrogens with two attached hydrogens (primary N) is 3. The Morgan fingerprint density at radius 2 is 1.50 bits per heavy atom. The minimum absolute atomic E-state index is 0.168. The van der Waals surface area contributed by atoms with Crippen LogP contribution in [0.3, 0.4) is 0 Å². The molecule has 0 aliphatic rings. The van der Waals surface area contributed by atoms with Crippen molar-refractivity contribution in [2.24, 2.45) is 27.2 Å². The summed E-state index contributed by atoms with van der Waals surface area (Å²) in [4.78, 5) is 31.6. The fourth-order valence-electron chi connectivity index (χ4n) is 1.91. The maximum Gasteiger partial charge on any atom is 0.337 e. The summed E-state index contributed by atoms with van der Waals surface area (Å²) in [7, 11) is 0. The highest BCUT2D eigenvalue weighted by atomic mass is 16.2. The number of benzene rings is 2. The molecule has 0 spiro atoms. The average Bonchev–Trinajstić information content (AvgIpc) is 2.60. The van der Waals surface area contributed by atoms with E-state index in [2.05, 4.69) is 26.2 Å². The van der Waals surface area contributed by atoms with Gasteiger partial charge in [-0.15, -0.1) is 0 Å². The van der Waals surface area contributed by atoms with Crippen LogP contribution >= 0.6 is 0 Å². The molecule has 3 amide bonds. The van der Waals surface area contributed by atoms with Crippen LogP contribution in [-0.2, 0) is 0 Å². The topological polar surface area (TPSA) is 173 Å². The Hall–Kier alpha value is -4.08. The number of para-hydroxylation sites is 2. The van der Waals surface area contributed by atoms with E-state index in [9.17, 15) is 9.59 Å². The third-order valence-electron chi connectivity index (χ3n) is 2.95. The molecule has 0 heterocycles. The Kier molecular flexibility index (Phi) is 6.10. The molecule has 0 aliphatic heterocycles. The number of amides is 3. The van der Waals surface area contributed by atoms with Crippen molar-refractivity contribution in [1.82, 2.24) is 10.9 Å². The zero-order valence-electron chi connectivity index (χ0n) is 13.6. The molecule has 0 radical (unpaired) electrons.